The predicted molar refractivity (Wildman–Crippen MR) is 145 cm³/mol. The second-order valence-corrected chi connectivity index (χ2v) is 12.0. The van der Waals surface area contributed by atoms with Crippen LogP contribution in [-0.4, -0.2) is 83.0 Å². The number of pyridine rings is 1. The third-order valence-electron chi connectivity index (χ3n) is 7.75. The van der Waals surface area contributed by atoms with Gasteiger partial charge in [-0.05, 0) is 57.3 Å². The number of morpholine rings is 2. The molecule has 10 heteroatoms. The number of quaternary nitrogens is 1. The molecule has 35 heavy (non-hydrogen) atoms. The molecule has 0 radical (unpaired) electrons. The molecule has 2 N–H and O–H groups in total. The van der Waals surface area contributed by atoms with E-state index in [4.69, 9.17) is 32.4 Å². The van der Waals surface area contributed by atoms with Crippen LogP contribution in [0, 0.1) is 0 Å². The van der Waals surface area contributed by atoms with Gasteiger partial charge in [0.25, 0.3) is 0 Å². The summed E-state index contributed by atoms with van der Waals surface area (Å²) in [5.41, 5.74) is 9.67. The van der Waals surface area contributed by atoms with Gasteiger partial charge in [0.2, 0.25) is 10.8 Å². The zero-order chi connectivity index (χ0) is 24.2. The van der Waals surface area contributed by atoms with Crippen molar-refractivity contribution in [1.82, 2.24) is 24.3 Å². The lowest BCUT2D eigenvalue weighted by molar-refractivity contribution is -0.0348. The SMILES string of the molecule is CC1(C)C[N+](CCN2CCOCC2)(c2nc3sc4c(N)ncnc4c3c3c2CCCC3)C(=S)CO1. The molecule has 6 rings (SSSR count). The van der Waals surface area contributed by atoms with Gasteiger partial charge in [-0.2, -0.15) is 4.98 Å². The lowest BCUT2D eigenvalue weighted by atomic mass is 9.89. The minimum absolute atomic E-state index is 0.290. The molecule has 1 atom stereocenters. The number of rotatable bonds is 4. The number of nitrogens with zero attached hydrogens (tertiary/aromatic N) is 5. The van der Waals surface area contributed by atoms with Gasteiger partial charge < -0.3 is 15.2 Å². The summed E-state index contributed by atoms with van der Waals surface area (Å²) in [5, 5.41) is 1.17. The lowest BCUT2D eigenvalue weighted by Crippen LogP contribution is -2.67. The minimum atomic E-state index is -0.290. The average Bonchev–Trinajstić information content (AvgIpc) is 3.25. The Balaban J connectivity index is 1.55. The largest absolute Gasteiger partial charge is 0.382 e. The molecule has 3 aromatic heterocycles. The van der Waals surface area contributed by atoms with E-state index in [1.165, 1.54) is 29.4 Å². The predicted octanol–water partition coefficient (Wildman–Crippen LogP) is 3.48. The van der Waals surface area contributed by atoms with E-state index in [1.807, 2.05) is 0 Å². The molecular formula is C25H33N6O2S2+. The Morgan fingerprint density at radius 2 is 1.94 bits per heavy atom. The zero-order valence-corrected chi connectivity index (χ0v) is 22.1. The van der Waals surface area contributed by atoms with Crippen LogP contribution < -0.4 is 10.2 Å². The van der Waals surface area contributed by atoms with Gasteiger partial charge in [0.05, 0.1) is 23.4 Å². The van der Waals surface area contributed by atoms with Crippen LogP contribution >= 0.6 is 23.6 Å². The van der Waals surface area contributed by atoms with Crippen molar-refractivity contribution in [2.75, 3.05) is 58.3 Å². The third-order valence-corrected chi connectivity index (χ3v) is 9.31. The Morgan fingerprint density at radius 3 is 2.74 bits per heavy atom. The maximum atomic E-state index is 6.27. The van der Waals surface area contributed by atoms with E-state index in [-0.39, 0.29) is 5.60 Å². The number of thiophene rings is 1. The number of nitrogen functional groups attached to an aromatic ring is 1. The van der Waals surface area contributed by atoms with Crippen LogP contribution in [0.25, 0.3) is 20.4 Å². The summed E-state index contributed by atoms with van der Waals surface area (Å²) in [6, 6.07) is 0. The molecule has 8 nitrogen and oxygen atoms in total. The molecule has 2 fully saturated rings. The fourth-order valence-corrected chi connectivity index (χ4v) is 7.37. The number of anilines is 1. The summed E-state index contributed by atoms with van der Waals surface area (Å²) < 4.78 is 13.3. The van der Waals surface area contributed by atoms with E-state index in [1.54, 1.807) is 17.7 Å². The summed E-state index contributed by atoms with van der Waals surface area (Å²) in [6.45, 7) is 11.0. The number of thiocarbonyl (C=S) groups is 1. The molecule has 0 amide bonds. The number of hydrogen-bond acceptors (Lipinski definition) is 9. The van der Waals surface area contributed by atoms with Gasteiger partial charge in [0, 0.05) is 30.6 Å². The summed E-state index contributed by atoms with van der Waals surface area (Å²) in [4.78, 5) is 18.7. The maximum Gasteiger partial charge on any atom is 0.238 e. The van der Waals surface area contributed by atoms with E-state index in [0.717, 1.165) is 84.6 Å². The molecule has 186 valence electrons. The highest BCUT2D eigenvalue weighted by molar-refractivity contribution is 7.80. The van der Waals surface area contributed by atoms with Crippen molar-refractivity contribution in [2.24, 2.45) is 0 Å². The van der Waals surface area contributed by atoms with Crippen LogP contribution in [0.15, 0.2) is 6.33 Å². The second-order valence-electron chi connectivity index (χ2n) is 10.6. The summed E-state index contributed by atoms with van der Waals surface area (Å²) >= 11 is 7.74. The number of fused-ring (bicyclic) bond motifs is 5. The molecule has 1 unspecified atom stereocenters. The third kappa shape index (κ3) is 4.04. The number of aromatic nitrogens is 3. The number of aryl methyl sites for hydroxylation is 1. The normalized spacial score (nSPS) is 25.3. The molecule has 1 aliphatic carbocycles. The van der Waals surface area contributed by atoms with E-state index in [2.05, 4.69) is 28.7 Å². The second kappa shape index (κ2) is 8.93. The fraction of sp³-hybridized carbons (Fsp3) is 0.600. The van der Waals surface area contributed by atoms with E-state index >= 15 is 0 Å². The standard InChI is InChI=1S/C25H33N6O2S2/c1-25(2)14-31(18(34)13-33-25,10-7-30-8-11-32-12-9-30)23-17-6-4-3-5-16(17)19-20-21(35-24(19)29-23)22(26)28-15-27-20/h15H,3-14H2,1-2H3,(H2,26,27,28)/q+1. The molecule has 0 spiro atoms. The van der Waals surface area contributed by atoms with Gasteiger partial charge in [-0.3, -0.25) is 4.90 Å². The van der Waals surface area contributed by atoms with Crippen LogP contribution in [0.4, 0.5) is 11.6 Å². The van der Waals surface area contributed by atoms with E-state index in [9.17, 15) is 0 Å². The first-order valence-electron chi connectivity index (χ1n) is 12.6. The van der Waals surface area contributed by atoms with Crippen molar-refractivity contribution in [2.45, 2.75) is 45.1 Å². The molecule has 0 bridgehead atoms. The van der Waals surface area contributed by atoms with Gasteiger partial charge in [-0.25, -0.2) is 14.5 Å². The first-order valence-corrected chi connectivity index (χ1v) is 13.8. The molecule has 3 aliphatic rings. The number of nitrogens with two attached hydrogens (primary N) is 1. The molecule has 2 aliphatic heterocycles. The molecule has 3 aromatic rings. The van der Waals surface area contributed by atoms with Crippen molar-refractivity contribution in [3.8, 4) is 0 Å². The van der Waals surface area contributed by atoms with Crippen LogP contribution in [0.5, 0.6) is 0 Å². The first-order chi connectivity index (χ1) is 16.9. The van der Waals surface area contributed by atoms with Crippen LogP contribution in [0.3, 0.4) is 0 Å². The topological polar surface area (TPSA) is 86.4 Å². The number of ether oxygens (including phenoxy) is 2. The maximum absolute atomic E-state index is 6.27. The summed E-state index contributed by atoms with van der Waals surface area (Å²) in [7, 11) is 0. The average molecular weight is 514 g/mol. The Labute approximate surface area is 215 Å². The minimum Gasteiger partial charge on any atom is -0.382 e. The number of hydrogen-bond donors (Lipinski definition) is 1. The Kier molecular flexibility index (Phi) is 6.02. The van der Waals surface area contributed by atoms with Crippen molar-refractivity contribution in [3.05, 3.63) is 17.5 Å². The Morgan fingerprint density at radius 1 is 1.17 bits per heavy atom. The summed E-state index contributed by atoms with van der Waals surface area (Å²) in [6.07, 6.45) is 5.97. The monoisotopic (exact) mass is 513 g/mol. The van der Waals surface area contributed by atoms with Crippen molar-refractivity contribution in [3.63, 3.8) is 0 Å². The lowest BCUT2D eigenvalue weighted by Gasteiger charge is -2.47. The summed E-state index contributed by atoms with van der Waals surface area (Å²) in [5.74, 6) is 1.66. The first kappa shape index (κ1) is 23.6. The van der Waals surface area contributed by atoms with E-state index < -0.39 is 0 Å². The zero-order valence-electron chi connectivity index (χ0n) is 20.5. The Bertz CT molecular complexity index is 1300. The van der Waals surface area contributed by atoms with Crippen molar-refractivity contribution in [1.29, 1.82) is 0 Å². The smallest absolute Gasteiger partial charge is 0.238 e. The molecule has 2 saturated heterocycles. The quantitative estimate of drug-likeness (QED) is 0.419. The van der Waals surface area contributed by atoms with Crippen molar-refractivity contribution >= 4 is 60.6 Å². The molecule has 0 aromatic carbocycles. The molecule has 5 heterocycles. The Hall–Kier alpha value is -1.82. The highest BCUT2D eigenvalue weighted by Gasteiger charge is 2.49. The van der Waals surface area contributed by atoms with Crippen LogP contribution in [-0.2, 0) is 22.3 Å². The molecular weight excluding hydrogens is 480 g/mol. The van der Waals surface area contributed by atoms with Gasteiger partial charge >= 0.3 is 0 Å². The highest BCUT2D eigenvalue weighted by atomic mass is 32.1. The van der Waals surface area contributed by atoms with Gasteiger partial charge in [-0.15, -0.1) is 11.3 Å². The van der Waals surface area contributed by atoms with Crippen molar-refractivity contribution < 1.29 is 9.47 Å². The highest BCUT2D eigenvalue weighted by Crippen LogP contribution is 2.45. The van der Waals surface area contributed by atoms with Gasteiger partial charge in [-0.1, -0.05) is 0 Å². The fourth-order valence-electron chi connectivity index (χ4n) is 6.02. The molecule has 0 saturated carbocycles. The van der Waals surface area contributed by atoms with Gasteiger partial charge in [0.1, 0.15) is 42.3 Å². The van der Waals surface area contributed by atoms with Crippen LogP contribution in [0.1, 0.15) is 37.8 Å². The van der Waals surface area contributed by atoms with Gasteiger partial charge in [0.15, 0.2) is 0 Å². The van der Waals surface area contributed by atoms with Crippen LogP contribution in [0.2, 0.25) is 0 Å². The van der Waals surface area contributed by atoms with E-state index in [0.29, 0.717) is 16.9 Å².